The van der Waals surface area contributed by atoms with Crippen LogP contribution in [0.3, 0.4) is 0 Å². The van der Waals surface area contributed by atoms with Crippen LogP contribution in [0.15, 0.2) is 36.4 Å². The monoisotopic (exact) mass is 360 g/mol. The molecule has 0 aliphatic heterocycles. The predicted molar refractivity (Wildman–Crippen MR) is 99.3 cm³/mol. The lowest BCUT2D eigenvalue weighted by atomic mass is 10.2. The summed E-state index contributed by atoms with van der Waals surface area (Å²) in [7, 11) is 3.85. The first-order chi connectivity index (χ1) is 11.9. The summed E-state index contributed by atoms with van der Waals surface area (Å²) in [5.41, 5.74) is 1.87. The van der Waals surface area contributed by atoms with Crippen LogP contribution in [0, 0.1) is 6.92 Å². The smallest absolute Gasteiger partial charge is 0.274 e. The molecule has 7 heteroatoms. The van der Waals surface area contributed by atoms with E-state index in [1.807, 2.05) is 32.0 Å². The maximum atomic E-state index is 12.4. The molecule has 25 heavy (non-hydrogen) atoms. The highest BCUT2D eigenvalue weighted by Gasteiger charge is 2.13. The lowest BCUT2D eigenvalue weighted by Gasteiger charge is -2.11. The molecule has 2 aromatic rings. The third-order valence-corrected chi connectivity index (χ3v) is 3.74. The number of pyridine rings is 1. The van der Waals surface area contributed by atoms with Crippen molar-refractivity contribution in [3.8, 4) is 0 Å². The summed E-state index contributed by atoms with van der Waals surface area (Å²) >= 11 is 5.96. The molecular weight excluding hydrogens is 340 g/mol. The molecule has 2 rings (SSSR count). The second-order valence-corrected chi connectivity index (χ2v) is 6.32. The number of nitrogens with one attached hydrogen (secondary N) is 2. The number of hydrogen-bond donors (Lipinski definition) is 2. The molecule has 6 nitrogen and oxygen atoms in total. The highest BCUT2D eigenvalue weighted by Crippen LogP contribution is 2.20. The average molecular weight is 361 g/mol. The van der Waals surface area contributed by atoms with E-state index >= 15 is 0 Å². The van der Waals surface area contributed by atoms with Crippen molar-refractivity contribution in [2.45, 2.75) is 6.92 Å². The van der Waals surface area contributed by atoms with Crippen LogP contribution in [0.5, 0.6) is 0 Å². The number of hydrogen-bond acceptors (Lipinski definition) is 4. The molecule has 0 aliphatic carbocycles. The SMILES string of the molecule is Cc1ccc(Cl)cc1NC(=O)c1cccc(C(=O)NCCN(C)C)n1. The molecule has 0 spiro atoms. The van der Waals surface area contributed by atoms with E-state index in [0.717, 1.165) is 12.1 Å². The van der Waals surface area contributed by atoms with Crippen LogP contribution in [0.25, 0.3) is 0 Å². The number of carbonyl (C=O) groups excluding carboxylic acids is 2. The Morgan fingerprint density at radius 1 is 1.12 bits per heavy atom. The molecular formula is C18H21ClN4O2. The van der Waals surface area contributed by atoms with E-state index in [9.17, 15) is 9.59 Å². The Hall–Kier alpha value is -2.44. The quantitative estimate of drug-likeness (QED) is 0.830. The fourth-order valence-corrected chi connectivity index (χ4v) is 2.26. The Balaban J connectivity index is 2.08. The van der Waals surface area contributed by atoms with Crippen molar-refractivity contribution in [2.75, 3.05) is 32.5 Å². The van der Waals surface area contributed by atoms with E-state index in [-0.39, 0.29) is 17.3 Å². The fraction of sp³-hybridized carbons (Fsp3) is 0.278. The predicted octanol–water partition coefficient (Wildman–Crippen LogP) is 2.59. The number of aryl methyl sites for hydroxylation is 1. The van der Waals surface area contributed by atoms with Crippen molar-refractivity contribution < 1.29 is 9.59 Å². The van der Waals surface area contributed by atoms with Crippen molar-refractivity contribution >= 4 is 29.1 Å². The van der Waals surface area contributed by atoms with E-state index in [1.165, 1.54) is 0 Å². The number of anilines is 1. The van der Waals surface area contributed by atoms with Crippen LogP contribution in [-0.4, -0.2) is 48.9 Å². The van der Waals surface area contributed by atoms with Crippen LogP contribution in [-0.2, 0) is 0 Å². The first-order valence-corrected chi connectivity index (χ1v) is 8.22. The first kappa shape index (κ1) is 18.9. The van der Waals surface area contributed by atoms with Gasteiger partial charge in [-0.25, -0.2) is 4.98 Å². The maximum absolute atomic E-state index is 12.4. The maximum Gasteiger partial charge on any atom is 0.274 e. The van der Waals surface area contributed by atoms with Crippen LogP contribution in [0.2, 0.25) is 5.02 Å². The minimum atomic E-state index is -0.395. The Bertz CT molecular complexity index is 777. The third-order valence-electron chi connectivity index (χ3n) is 3.51. The van der Waals surface area contributed by atoms with E-state index < -0.39 is 5.91 Å². The molecule has 0 unspecified atom stereocenters. The van der Waals surface area contributed by atoms with Gasteiger partial charge in [0.05, 0.1) is 0 Å². The number of nitrogens with zero attached hydrogens (tertiary/aromatic N) is 2. The topological polar surface area (TPSA) is 74.3 Å². The average Bonchev–Trinajstić information content (AvgIpc) is 2.57. The molecule has 0 radical (unpaired) electrons. The van der Waals surface area contributed by atoms with Gasteiger partial charge in [0.1, 0.15) is 11.4 Å². The second-order valence-electron chi connectivity index (χ2n) is 5.88. The minimum Gasteiger partial charge on any atom is -0.349 e. The van der Waals surface area contributed by atoms with Crippen LogP contribution in [0.4, 0.5) is 5.69 Å². The van der Waals surface area contributed by atoms with Crippen molar-refractivity contribution in [1.29, 1.82) is 0 Å². The van der Waals surface area contributed by atoms with Gasteiger partial charge in [0.2, 0.25) is 0 Å². The van der Waals surface area contributed by atoms with Crippen molar-refractivity contribution in [3.63, 3.8) is 0 Å². The van der Waals surface area contributed by atoms with Crippen molar-refractivity contribution in [1.82, 2.24) is 15.2 Å². The summed E-state index contributed by atoms with van der Waals surface area (Å²) < 4.78 is 0. The molecule has 0 aliphatic rings. The fourth-order valence-electron chi connectivity index (χ4n) is 2.09. The summed E-state index contributed by atoms with van der Waals surface area (Å²) in [5, 5.41) is 6.07. The van der Waals surface area contributed by atoms with E-state index in [1.54, 1.807) is 30.3 Å². The number of aromatic nitrogens is 1. The number of benzene rings is 1. The van der Waals surface area contributed by atoms with Crippen LogP contribution in [0.1, 0.15) is 26.5 Å². The Kier molecular flexibility index (Phi) is 6.50. The van der Waals surface area contributed by atoms with E-state index in [0.29, 0.717) is 17.3 Å². The van der Waals surface area contributed by atoms with Gasteiger partial charge in [0, 0.05) is 23.8 Å². The summed E-state index contributed by atoms with van der Waals surface area (Å²) in [4.78, 5) is 30.6. The molecule has 0 fully saturated rings. The summed E-state index contributed by atoms with van der Waals surface area (Å²) in [6, 6.07) is 10.0. The van der Waals surface area contributed by atoms with Gasteiger partial charge >= 0.3 is 0 Å². The summed E-state index contributed by atoms with van der Waals surface area (Å²) in [6.07, 6.45) is 0. The minimum absolute atomic E-state index is 0.166. The molecule has 0 saturated carbocycles. The number of carbonyl (C=O) groups is 2. The van der Waals surface area contributed by atoms with Gasteiger partial charge in [-0.05, 0) is 50.8 Å². The first-order valence-electron chi connectivity index (χ1n) is 7.84. The third kappa shape index (κ3) is 5.55. The Morgan fingerprint density at radius 2 is 1.80 bits per heavy atom. The number of rotatable bonds is 6. The number of halogens is 1. The highest BCUT2D eigenvalue weighted by molar-refractivity contribution is 6.31. The second kappa shape index (κ2) is 8.60. The van der Waals surface area contributed by atoms with Gasteiger partial charge in [-0.2, -0.15) is 0 Å². The Labute approximate surface area is 152 Å². The molecule has 1 aromatic carbocycles. The number of amides is 2. The zero-order valence-electron chi connectivity index (χ0n) is 14.5. The van der Waals surface area contributed by atoms with Crippen LogP contribution >= 0.6 is 11.6 Å². The molecule has 2 amide bonds. The molecule has 1 aromatic heterocycles. The number of likely N-dealkylation sites (N-methyl/N-ethyl adjacent to an activating group) is 1. The largest absolute Gasteiger partial charge is 0.349 e. The summed E-state index contributed by atoms with van der Waals surface area (Å²) in [5.74, 6) is -0.705. The normalized spacial score (nSPS) is 10.6. The molecule has 1 heterocycles. The lowest BCUT2D eigenvalue weighted by molar-refractivity contribution is 0.0946. The standard InChI is InChI=1S/C18H21ClN4O2/c1-12-7-8-13(19)11-16(12)22-18(25)15-6-4-5-14(21-15)17(24)20-9-10-23(2)3/h4-8,11H,9-10H2,1-3H3,(H,20,24)(H,22,25). The molecule has 0 atom stereocenters. The van der Waals surface area contributed by atoms with Gasteiger partial charge in [-0.3, -0.25) is 9.59 Å². The van der Waals surface area contributed by atoms with Gasteiger partial charge in [-0.15, -0.1) is 0 Å². The highest BCUT2D eigenvalue weighted by atomic mass is 35.5. The van der Waals surface area contributed by atoms with Crippen LogP contribution < -0.4 is 10.6 Å². The Morgan fingerprint density at radius 3 is 2.48 bits per heavy atom. The van der Waals surface area contributed by atoms with E-state index in [2.05, 4.69) is 15.6 Å². The van der Waals surface area contributed by atoms with Gasteiger partial charge in [-0.1, -0.05) is 23.7 Å². The van der Waals surface area contributed by atoms with Gasteiger partial charge < -0.3 is 15.5 Å². The molecule has 2 N–H and O–H groups in total. The molecule has 132 valence electrons. The van der Waals surface area contributed by atoms with Crippen molar-refractivity contribution in [3.05, 3.63) is 58.4 Å². The lowest BCUT2D eigenvalue weighted by Crippen LogP contribution is -2.32. The summed E-state index contributed by atoms with van der Waals surface area (Å²) in [6.45, 7) is 3.10. The molecule has 0 bridgehead atoms. The van der Waals surface area contributed by atoms with Crippen molar-refractivity contribution in [2.24, 2.45) is 0 Å². The van der Waals surface area contributed by atoms with Gasteiger partial charge in [0.25, 0.3) is 11.8 Å². The zero-order valence-corrected chi connectivity index (χ0v) is 15.2. The van der Waals surface area contributed by atoms with E-state index in [4.69, 9.17) is 11.6 Å². The zero-order chi connectivity index (χ0) is 18.4. The van der Waals surface area contributed by atoms with Gasteiger partial charge in [0.15, 0.2) is 0 Å². The molecule has 0 saturated heterocycles.